The van der Waals surface area contributed by atoms with E-state index in [0.717, 1.165) is 12.0 Å². The molecule has 2 rings (SSSR count). The Hall–Kier alpha value is -0.590. The van der Waals surface area contributed by atoms with Crippen molar-refractivity contribution in [1.29, 1.82) is 0 Å². The zero-order valence-corrected chi connectivity index (χ0v) is 10.4. The molecule has 0 radical (unpaired) electrons. The molecule has 0 amide bonds. The Morgan fingerprint density at radius 2 is 2.07 bits per heavy atom. The van der Waals surface area contributed by atoms with Crippen molar-refractivity contribution in [2.75, 3.05) is 0 Å². The Morgan fingerprint density at radius 3 is 2.60 bits per heavy atom. The first-order valence-corrected chi connectivity index (χ1v) is 6.14. The molecular weight excluding hydrogens is 184 g/mol. The number of hydrogen-bond acceptors (Lipinski definition) is 1. The van der Waals surface area contributed by atoms with E-state index in [-0.39, 0.29) is 0 Å². The summed E-state index contributed by atoms with van der Waals surface area (Å²) in [6, 6.07) is 0. The van der Waals surface area contributed by atoms with Crippen LogP contribution in [0.1, 0.15) is 53.4 Å². The van der Waals surface area contributed by atoms with Gasteiger partial charge in [-0.1, -0.05) is 33.8 Å². The van der Waals surface area contributed by atoms with Crippen LogP contribution in [-0.4, -0.2) is 5.78 Å². The number of hydrogen-bond donors (Lipinski definition) is 0. The molecule has 0 aromatic carbocycles. The minimum Gasteiger partial charge on any atom is -0.295 e. The summed E-state index contributed by atoms with van der Waals surface area (Å²) in [6.45, 7) is 9.01. The van der Waals surface area contributed by atoms with E-state index in [4.69, 9.17) is 0 Å². The first kappa shape index (κ1) is 10.9. The van der Waals surface area contributed by atoms with Crippen LogP contribution in [-0.2, 0) is 4.79 Å². The van der Waals surface area contributed by atoms with Gasteiger partial charge in [0.05, 0.1) is 0 Å². The third-order valence-electron chi connectivity index (χ3n) is 4.65. The zero-order valence-electron chi connectivity index (χ0n) is 10.4. The maximum atomic E-state index is 11.7. The summed E-state index contributed by atoms with van der Waals surface area (Å²) in [6.07, 6.45) is 6.53. The second kappa shape index (κ2) is 3.20. The van der Waals surface area contributed by atoms with E-state index in [2.05, 4.69) is 26.8 Å². The lowest BCUT2D eigenvalue weighted by atomic mass is 9.73. The van der Waals surface area contributed by atoms with Gasteiger partial charge in [-0.15, -0.1) is 0 Å². The monoisotopic (exact) mass is 206 g/mol. The minimum absolute atomic E-state index is 0.309. The number of carbonyl (C=O) groups is 1. The van der Waals surface area contributed by atoms with Crippen molar-refractivity contribution >= 4 is 5.78 Å². The molecule has 15 heavy (non-hydrogen) atoms. The van der Waals surface area contributed by atoms with Crippen LogP contribution >= 0.6 is 0 Å². The van der Waals surface area contributed by atoms with Crippen molar-refractivity contribution in [3.8, 4) is 0 Å². The fourth-order valence-corrected chi connectivity index (χ4v) is 3.61. The van der Waals surface area contributed by atoms with Gasteiger partial charge in [0.2, 0.25) is 0 Å². The minimum atomic E-state index is 0.309. The summed E-state index contributed by atoms with van der Waals surface area (Å²) in [5, 5.41) is 0. The number of ketones is 1. The molecular formula is C14H22O. The molecule has 1 heteroatoms. The zero-order chi connectivity index (χ0) is 11.3. The third kappa shape index (κ3) is 1.56. The SMILES string of the molecule is CCC(=O)C1=CC2(C)CCC(C)(C)C2C1. The lowest BCUT2D eigenvalue weighted by molar-refractivity contribution is -0.115. The van der Waals surface area contributed by atoms with Gasteiger partial charge in [0.1, 0.15) is 0 Å². The molecule has 0 heterocycles. The predicted molar refractivity (Wildman–Crippen MR) is 62.6 cm³/mol. The summed E-state index contributed by atoms with van der Waals surface area (Å²) >= 11 is 0. The van der Waals surface area contributed by atoms with Crippen molar-refractivity contribution < 1.29 is 4.79 Å². The van der Waals surface area contributed by atoms with Crippen LogP contribution in [0.5, 0.6) is 0 Å². The highest BCUT2D eigenvalue weighted by Crippen LogP contribution is 2.60. The number of carbonyl (C=O) groups excluding carboxylic acids is 1. The van der Waals surface area contributed by atoms with Gasteiger partial charge in [-0.25, -0.2) is 0 Å². The standard InChI is InChI=1S/C14H22O/c1-5-11(15)10-8-12-13(2,3)6-7-14(12,4)9-10/h9,12H,5-8H2,1-4H3. The van der Waals surface area contributed by atoms with Crippen molar-refractivity contribution in [3.05, 3.63) is 11.6 Å². The van der Waals surface area contributed by atoms with Gasteiger partial charge in [-0.3, -0.25) is 4.79 Å². The second-order valence-electron chi connectivity index (χ2n) is 6.20. The van der Waals surface area contributed by atoms with Crippen LogP contribution in [0.25, 0.3) is 0 Å². The molecule has 0 spiro atoms. The number of rotatable bonds is 2. The van der Waals surface area contributed by atoms with E-state index in [9.17, 15) is 4.79 Å². The highest BCUT2D eigenvalue weighted by atomic mass is 16.1. The lowest BCUT2D eigenvalue weighted by Gasteiger charge is -2.31. The first-order valence-electron chi connectivity index (χ1n) is 6.14. The summed E-state index contributed by atoms with van der Waals surface area (Å²) in [5.74, 6) is 1.05. The Bertz CT molecular complexity index is 324. The van der Waals surface area contributed by atoms with Crippen LogP contribution in [0.2, 0.25) is 0 Å². The molecule has 0 aliphatic heterocycles. The molecule has 0 aromatic rings. The van der Waals surface area contributed by atoms with E-state index >= 15 is 0 Å². The van der Waals surface area contributed by atoms with Gasteiger partial charge in [-0.05, 0) is 41.6 Å². The Balaban J connectivity index is 2.26. The van der Waals surface area contributed by atoms with Crippen LogP contribution in [0.3, 0.4) is 0 Å². The van der Waals surface area contributed by atoms with Crippen molar-refractivity contribution in [1.82, 2.24) is 0 Å². The number of Topliss-reactive ketones (excluding diaryl/α,β-unsaturated/α-hetero) is 1. The highest BCUT2D eigenvalue weighted by Gasteiger charge is 2.51. The van der Waals surface area contributed by atoms with Crippen LogP contribution < -0.4 is 0 Å². The van der Waals surface area contributed by atoms with E-state index in [1.165, 1.54) is 12.8 Å². The molecule has 0 aromatic heterocycles. The second-order valence-corrected chi connectivity index (χ2v) is 6.20. The normalized spacial score (nSPS) is 37.6. The van der Waals surface area contributed by atoms with Crippen molar-refractivity contribution in [2.45, 2.75) is 53.4 Å². The van der Waals surface area contributed by atoms with Crippen molar-refractivity contribution in [2.24, 2.45) is 16.7 Å². The van der Waals surface area contributed by atoms with E-state index < -0.39 is 0 Å². The molecule has 1 fully saturated rings. The van der Waals surface area contributed by atoms with Gasteiger partial charge in [0, 0.05) is 6.42 Å². The summed E-state index contributed by atoms with van der Waals surface area (Å²) in [4.78, 5) is 11.7. The van der Waals surface area contributed by atoms with Crippen molar-refractivity contribution in [3.63, 3.8) is 0 Å². The topological polar surface area (TPSA) is 17.1 Å². The molecule has 2 aliphatic rings. The van der Waals surface area contributed by atoms with E-state index in [1.54, 1.807) is 0 Å². The molecule has 0 N–H and O–H groups in total. The number of allylic oxidation sites excluding steroid dienone is 2. The average molecular weight is 206 g/mol. The molecule has 84 valence electrons. The summed E-state index contributed by atoms with van der Waals surface area (Å²) in [7, 11) is 0. The van der Waals surface area contributed by atoms with E-state index in [1.807, 2.05) is 6.92 Å². The smallest absolute Gasteiger partial charge is 0.158 e. The average Bonchev–Trinajstić information content (AvgIpc) is 2.62. The molecule has 2 unspecified atom stereocenters. The van der Waals surface area contributed by atoms with Gasteiger partial charge in [0.15, 0.2) is 5.78 Å². The van der Waals surface area contributed by atoms with Gasteiger partial charge in [-0.2, -0.15) is 0 Å². The fraction of sp³-hybridized carbons (Fsp3) is 0.786. The van der Waals surface area contributed by atoms with Crippen LogP contribution in [0.4, 0.5) is 0 Å². The maximum Gasteiger partial charge on any atom is 0.158 e. The van der Waals surface area contributed by atoms with Crippen LogP contribution in [0, 0.1) is 16.7 Å². The first-order chi connectivity index (χ1) is 6.89. The fourth-order valence-electron chi connectivity index (χ4n) is 3.61. The Morgan fingerprint density at radius 1 is 1.40 bits per heavy atom. The quantitative estimate of drug-likeness (QED) is 0.672. The number of fused-ring (bicyclic) bond motifs is 1. The lowest BCUT2D eigenvalue weighted by Crippen LogP contribution is -2.24. The molecule has 0 bridgehead atoms. The summed E-state index contributed by atoms with van der Waals surface area (Å²) < 4.78 is 0. The molecule has 2 atom stereocenters. The highest BCUT2D eigenvalue weighted by molar-refractivity contribution is 5.95. The van der Waals surface area contributed by atoms with Gasteiger partial charge >= 0.3 is 0 Å². The maximum absolute atomic E-state index is 11.7. The predicted octanol–water partition coefficient (Wildman–Crippen LogP) is 3.74. The van der Waals surface area contributed by atoms with Crippen LogP contribution in [0.15, 0.2) is 11.6 Å². The molecule has 1 saturated carbocycles. The largest absolute Gasteiger partial charge is 0.295 e. The Kier molecular flexibility index (Phi) is 2.33. The van der Waals surface area contributed by atoms with Gasteiger partial charge < -0.3 is 0 Å². The molecule has 1 nitrogen and oxygen atoms in total. The summed E-state index contributed by atoms with van der Waals surface area (Å²) in [5.41, 5.74) is 1.84. The third-order valence-corrected chi connectivity index (χ3v) is 4.65. The van der Waals surface area contributed by atoms with Gasteiger partial charge in [0.25, 0.3) is 0 Å². The molecule has 0 saturated heterocycles. The van der Waals surface area contributed by atoms with E-state index in [0.29, 0.717) is 29.0 Å². The Labute approximate surface area is 92.9 Å². The molecule has 2 aliphatic carbocycles.